The lowest BCUT2D eigenvalue weighted by Gasteiger charge is -2.38. The van der Waals surface area contributed by atoms with E-state index in [0.717, 1.165) is 43.1 Å². The number of piperidine rings is 1. The number of carbonyl (C=O) groups excluding carboxylic acids is 1. The number of anilines is 1. The van der Waals surface area contributed by atoms with Crippen molar-refractivity contribution in [3.8, 4) is 11.5 Å². The van der Waals surface area contributed by atoms with E-state index in [2.05, 4.69) is 20.2 Å². The third-order valence-electron chi connectivity index (χ3n) is 5.44. The summed E-state index contributed by atoms with van der Waals surface area (Å²) in [5, 5.41) is 2.89. The second-order valence-electron chi connectivity index (χ2n) is 7.23. The van der Waals surface area contributed by atoms with Crippen molar-refractivity contribution in [1.82, 2.24) is 15.3 Å². The van der Waals surface area contributed by atoms with Gasteiger partial charge in [0.25, 0.3) is 5.91 Å². The monoisotopic (exact) mass is 398 g/mol. The largest absolute Gasteiger partial charge is 0.454 e. The molecule has 5 rings (SSSR count). The van der Waals surface area contributed by atoms with E-state index >= 15 is 0 Å². The fourth-order valence-electron chi connectivity index (χ4n) is 3.83. The molecule has 0 aliphatic carbocycles. The topological polar surface area (TPSA) is 95.0 Å². The van der Waals surface area contributed by atoms with Crippen LogP contribution in [0.5, 0.6) is 11.5 Å². The van der Waals surface area contributed by atoms with E-state index in [1.165, 1.54) is 6.33 Å². The molecule has 2 saturated heterocycles. The van der Waals surface area contributed by atoms with Gasteiger partial charge in [0.15, 0.2) is 17.3 Å². The molecule has 0 unspecified atom stereocenters. The van der Waals surface area contributed by atoms with Gasteiger partial charge in [-0.25, -0.2) is 9.97 Å². The Kier molecular flexibility index (Phi) is 4.69. The molecule has 9 nitrogen and oxygen atoms in total. The first-order valence-electron chi connectivity index (χ1n) is 9.72. The van der Waals surface area contributed by atoms with Gasteiger partial charge in [0, 0.05) is 38.5 Å². The summed E-state index contributed by atoms with van der Waals surface area (Å²) in [7, 11) is 0. The molecule has 0 atom stereocenters. The second kappa shape index (κ2) is 7.49. The predicted octanol–water partition coefficient (Wildman–Crippen LogP) is 1.48. The van der Waals surface area contributed by atoms with Crippen LogP contribution in [-0.4, -0.2) is 54.8 Å². The van der Waals surface area contributed by atoms with E-state index in [1.54, 1.807) is 6.07 Å². The summed E-state index contributed by atoms with van der Waals surface area (Å²) in [5.41, 5.74) is 1.26. The summed E-state index contributed by atoms with van der Waals surface area (Å²) < 4.78 is 22.2. The number of nitrogens with zero attached hydrogens (tertiary/aromatic N) is 3. The molecular weight excluding hydrogens is 376 g/mol. The van der Waals surface area contributed by atoms with Crippen LogP contribution in [0.15, 0.2) is 30.6 Å². The smallest absolute Gasteiger partial charge is 0.270 e. The van der Waals surface area contributed by atoms with E-state index < -0.39 is 5.79 Å². The highest BCUT2D eigenvalue weighted by molar-refractivity contribution is 5.92. The number of fused-ring (bicyclic) bond motifs is 1. The summed E-state index contributed by atoms with van der Waals surface area (Å²) in [4.78, 5) is 23.2. The number of nitrogens with one attached hydrogen (secondary N) is 1. The molecule has 29 heavy (non-hydrogen) atoms. The Hall–Kier alpha value is -2.91. The summed E-state index contributed by atoms with van der Waals surface area (Å²) in [5.74, 6) is 1.47. The summed E-state index contributed by atoms with van der Waals surface area (Å²) in [6.07, 6.45) is 2.99. The van der Waals surface area contributed by atoms with Crippen LogP contribution in [0.25, 0.3) is 0 Å². The van der Waals surface area contributed by atoms with E-state index in [1.807, 2.05) is 18.2 Å². The van der Waals surface area contributed by atoms with Crippen molar-refractivity contribution >= 4 is 11.7 Å². The molecule has 3 aliphatic rings. The standard InChI is InChI=1S/C20H22N4O5/c25-19(21-11-14-1-2-16-17(9-14)27-13-26-16)15-10-18(23-12-22-15)24-5-3-20(4-6-24)28-7-8-29-20/h1-2,9-10,12H,3-8,11,13H2,(H,21,25). The fourth-order valence-corrected chi connectivity index (χ4v) is 3.83. The lowest BCUT2D eigenvalue weighted by atomic mass is 10.0. The number of aromatic nitrogens is 2. The van der Waals surface area contributed by atoms with E-state index in [0.29, 0.717) is 31.2 Å². The van der Waals surface area contributed by atoms with Crippen LogP contribution in [-0.2, 0) is 16.0 Å². The Labute approximate surface area is 167 Å². The number of amides is 1. The van der Waals surface area contributed by atoms with Gasteiger partial charge in [0.1, 0.15) is 17.8 Å². The molecule has 152 valence electrons. The SMILES string of the molecule is O=C(NCc1ccc2c(c1)OCO2)c1cc(N2CCC3(CC2)OCCO3)ncn1. The van der Waals surface area contributed by atoms with Crippen molar-refractivity contribution in [3.05, 3.63) is 41.9 Å². The fraction of sp³-hybridized carbons (Fsp3) is 0.450. The van der Waals surface area contributed by atoms with Crippen LogP contribution < -0.4 is 19.7 Å². The Bertz CT molecular complexity index is 905. The molecule has 9 heteroatoms. The Morgan fingerprint density at radius 2 is 1.86 bits per heavy atom. The van der Waals surface area contributed by atoms with Crippen molar-refractivity contribution in [2.75, 3.05) is 38.0 Å². The average Bonchev–Trinajstić information content (AvgIpc) is 3.42. The molecule has 1 aromatic carbocycles. The number of ether oxygens (including phenoxy) is 4. The van der Waals surface area contributed by atoms with Crippen LogP contribution in [0.4, 0.5) is 5.82 Å². The van der Waals surface area contributed by atoms with E-state index in [-0.39, 0.29) is 12.7 Å². The second-order valence-corrected chi connectivity index (χ2v) is 7.23. The van der Waals surface area contributed by atoms with Gasteiger partial charge in [-0.15, -0.1) is 0 Å². The Morgan fingerprint density at radius 3 is 2.69 bits per heavy atom. The maximum absolute atomic E-state index is 12.6. The first kappa shape index (κ1) is 18.1. The molecule has 4 heterocycles. The van der Waals surface area contributed by atoms with Crippen molar-refractivity contribution in [2.24, 2.45) is 0 Å². The minimum absolute atomic E-state index is 0.227. The first-order chi connectivity index (χ1) is 14.2. The first-order valence-corrected chi connectivity index (χ1v) is 9.72. The van der Waals surface area contributed by atoms with Crippen molar-refractivity contribution in [1.29, 1.82) is 0 Å². The molecule has 1 spiro atoms. The molecule has 3 aliphatic heterocycles. The van der Waals surface area contributed by atoms with Crippen molar-refractivity contribution in [2.45, 2.75) is 25.2 Å². The van der Waals surface area contributed by atoms with Crippen LogP contribution >= 0.6 is 0 Å². The Morgan fingerprint density at radius 1 is 1.07 bits per heavy atom. The molecule has 1 aromatic heterocycles. The van der Waals surface area contributed by atoms with Gasteiger partial charge < -0.3 is 29.2 Å². The van der Waals surface area contributed by atoms with Gasteiger partial charge in [0.2, 0.25) is 6.79 Å². The van der Waals surface area contributed by atoms with E-state index in [4.69, 9.17) is 18.9 Å². The van der Waals surface area contributed by atoms with Gasteiger partial charge in [-0.05, 0) is 17.7 Å². The van der Waals surface area contributed by atoms with Crippen LogP contribution in [0.2, 0.25) is 0 Å². The van der Waals surface area contributed by atoms with Crippen LogP contribution in [0, 0.1) is 0 Å². The third kappa shape index (κ3) is 3.70. The quantitative estimate of drug-likeness (QED) is 0.828. The number of hydrogen-bond acceptors (Lipinski definition) is 8. The molecular formula is C20H22N4O5. The van der Waals surface area contributed by atoms with Gasteiger partial charge in [-0.3, -0.25) is 4.79 Å². The van der Waals surface area contributed by atoms with Gasteiger partial charge >= 0.3 is 0 Å². The summed E-state index contributed by atoms with van der Waals surface area (Å²) in [6, 6.07) is 7.33. The molecule has 1 N–H and O–H groups in total. The molecule has 2 fully saturated rings. The van der Waals surface area contributed by atoms with Crippen molar-refractivity contribution < 1.29 is 23.7 Å². The minimum atomic E-state index is -0.436. The zero-order chi connectivity index (χ0) is 19.7. The highest BCUT2D eigenvalue weighted by Crippen LogP contribution is 2.33. The third-order valence-corrected chi connectivity index (χ3v) is 5.44. The Balaban J connectivity index is 1.21. The summed E-state index contributed by atoms with van der Waals surface area (Å²) in [6.45, 7) is 3.42. The van der Waals surface area contributed by atoms with Crippen LogP contribution in [0.3, 0.4) is 0 Å². The van der Waals surface area contributed by atoms with Crippen molar-refractivity contribution in [3.63, 3.8) is 0 Å². The molecule has 0 saturated carbocycles. The van der Waals surface area contributed by atoms with Crippen LogP contribution in [0.1, 0.15) is 28.9 Å². The van der Waals surface area contributed by atoms with E-state index in [9.17, 15) is 4.79 Å². The predicted molar refractivity (Wildman–Crippen MR) is 102 cm³/mol. The highest BCUT2D eigenvalue weighted by Gasteiger charge is 2.40. The van der Waals surface area contributed by atoms with Gasteiger partial charge in [-0.1, -0.05) is 6.07 Å². The average molecular weight is 398 g/mol. The number of hydrogen-bond donors (Lipinski definition) is 1. The normalized spacial score (nSPS) is 19.5. The zero-order valence-electron chi connectivity index (χ0n) is 15.9. The maximum atomic E-state index is 12.6. The number of rotatable bonds is 4. The number of carbonyl (C=O) groups is 1. The molecule has 1 amide bonds. The molecule has 0 radical (unpaired) electrons. The molecule has 0 bridgehead atoms. The lowest BCUT2D eigenvalue weighted by Crippen LogP contribution is -2.45. The van der Waals surface area contributed by atoms with Gasteiger partial charge in [0.05, 0.1) is 13.2 Å². The van der Waals surface area contributed by atoms with Gasteiger partial charge in [-0.2, -0.15) is 0 Å². The summed E-state index contributed by atoms with van der Waals surface area (Å²) >= 11 is 0. The minimum Gasteiger partial charge on any atom is -0.454 e. The zero-order valence-corrected chi connectivity index (χ0v) is 15.9. The molecule has 2 aromatic rings. The number of benzene rings is 1. The maximum Gasteiger partial charge on any atom is 0.270 e. The highest BCUT2D eigenvalue weighted by atomic mass is 16.7. The lowest BCUT2D eigenvalue weighted by molar-refractivity contribution is -0.169.